The van der Waals surface area contributed by atoms with E-state index in [1.165, 1.54) is 51.4 Å². The molecule has 4 atom stereocenters. The molecule has 4 unspecified atom stereocenters. The van der Waals surface area contributed by atoms with Gasteiger partial charge in [0.2, 0.25) is 0 Å². The maximum absolute atomic E-state index is 11.7. The molecule has 0 saturated heterocycles. The average Bonchev–Trinajstić information content (AvgIpc) is 2.97. The van der Waals surface area contributed by atoms with Gasteiger partial charge >= 0.3 is 27.3 Å². The summed E-state index contributed by atoms with van der Waals surface area (Å²) in [6, 6.07) is 0. The minimum Gasteiger partial charge on any atom is -0.786 e. The predicted octanol–water partition coefficient (Wildman–Crippen LogP) is 10.1. The van der Waals surface area contributed by atoms with Crippen molar-refractivity contribution in [1.82, 2.24) is 0 Å². The quantitative estimate of drug-likeness (QED) is 0.0591. The molecular weight excluding hydrogens is 655 g/mol. The van der Waals surface area contributed by atoms with Crippen molar-refractivity contribution in [2.45, 2.75) is 158 Å². The molecule has 0 radical (unpaired) electrons. The smallest absolute Gasteiger partial charge is 0.786 e. The second kappa shape index (κ2) is 36.0. The molecule has 244 valence electrons. The molecule has 41 heavy (non-hydrogen) atoms. The van der Waals surface area contributed by atoms with Crippen LogP contribution in [0.5, 0.6) is 0 Å². The molecule has 0 aliphatic rings. The first kappa shape index (κ1) is 47.0. The van der Waals surface area contributed by atoms with E-state index in [2.05, 4.69) is 55.4 Å². The van der Waals surface area contributed by atoms with Gasteiger partial charge in [-0.3, -0.25) is 0 Å². The van der Waals surface area contributed by atoms with E-state index in [1.54, 1.807) is 0 Å². The third-order valence-electron chi connectivity index (χ3n) is 7.84. The Kier molecular flexibility index (Phi) is 41.2. The van der Waals surface area contributed by atoms with Gasteiger partial charge in [-0.25, -0.2) is 0 Å². The van der Waals surface area contributed by atoms with Crippen LogP contribution in [0, 0.1) is 23.7 Å². The Morgan fingerprint density at radius 2 is 0.610 bits per heavy atom. The van der Waals surface area contributed by atoms with E-state index >= 15 is 0 Å². The minimum absolute atomic E-state index is 0. The van der Waals surface area contributed by atoms with Crippen molar-refractivity contribution in [3.8, 4) is 0 Å². The van der Waals surface area contributed by atoms with E-state index in [0.717, 1.165) is 51.4 Å². The van der Waals surface area contributed by atoms with Crippen molar-refractivity contribution in [3.05, 3.63) is 0 Å². The van der Waals surface area contributed by atoms with Crippen LogP contribution in [-0.4, -0.2) is 26.4 Å². The normalized spacial score (nSPS) is 15.7. The van der Waals surface area contributed by atoms with Crippen molar-refractivity contribution in [3.63, 3.8) is 0 Å². The Bertz CT molecular complexity index is 413. The molecule has 0 heterocycles. The van der Waals surface area contributed by atoms with Crippen LogP contribution in [0.3, 0.4) is 0 Å². The van der Waals surface area contributed by atoms with Crippen molar-refractivity contribution in [1.29, 1.82) is 0 Å². The molecule has 0 saturated carbocycles. The molecule has 0 bridgehead atoms. The first-order valence-electron chi connectivity index (χ1n) is 16.8. The van der Waals surface area contributed by atoms with E-state index in [-0.39, 0.29) is 27.3 Å². The van der Waals surface area contributed by atoms with Gasteiger partial charge in [-0.1, -0.05) is 132 Å². The van der Waals surface area contributed by atoms with Crippen molar-refractivity contribution >= 4 is 17.2 Å². The molecule has 0 aliphatic carbocycles. The summed E-state index contributed by atoms with van der Waals surface area (Å²) < 4.78 is 21.5. The molecule has 0 rings (SSSR count). The summed E-state index contributed by atoms with van der Waals surface area (Å²) >= 11 is 0. The zero-order chi connectivity index (χ0) is 30.4. The predicted molar refractivity (Wildman–Crippen MR) is 171 cm³/mol. The van der Waals surface area contributed by atoms with Crippen LogP contribution in [0.2, 0.25) is 0 Å². The molecule has 0 amide bonds. The Balaban J connectivity index is -0.000000688. The van der Waals surface area contributed by atoms with Crippen molar-refractivity contribution < 1.29 is 55.2 Å². The molecule has 0 aromatic rings. The first-order chi connectivity index (χ1) is 19.3. The largest absolute Gasteiger partial charge is 2.00 e. The van der Waals surface area contributed by atoms with Gasteiger partial charge in [0.1, 0.15) is 0 Å². The first-order valence-corrected chi connectivity index (χ1v) is 19.0. The van der Waals surface area contributed by atoms with Gasteiger partial charge in [-0.2, -0.15) is 0 Å². The molecular formula is C32H68CdO6P2. The Morgan fingerprint density at radius 3 is 0.756 bits per heavy atom. The zero-order valence-corrected chi connectivity index (χ0v) is 34.3. The summed E-state index contributed by atoms with van der Waals surface area (Å²) in [7, 11) is -3.87. The number of hydrogen-bond donors (Lipinski definition) is 0. The molecule has 0 spiro atoms. The number of rotatable bonds is 28. The SMILES string of the molecule is CCCCC(CC)COP([O-])OCC(CC)CCCC.CCCCC(CC)COP([O-])OCC(CC)CCCC.[Cd+2]. The van der Waals surface area contributed by atoms with Crippen LogP contribution in [0.25, 0.3) is 0 Å². The van der Waals surface area contributed by atoms with Crippen LogP contribution in [0.1, 0.15) is 158 Å². The van der Waals surface area contributed by atoms with Crippen molar-refractivity contribution in [2.75, 3.05) is 26.4 Å². The second-order valence-electron chi connectivity index (χ2n) is 11.3. The topological polar surface area (TPSA) is 83.0 Å². The Hall–Kier alpha value is 1.54. The third kappa shape index (κ3) is 31.3. The molecule has 0 aromatic heterocycles. The van der Waals surface area contributed by atoms with Crippen LogP contribution in [0.4, 0.5) is 0 Å². The van der Waals surface area contributed by atoms with Crippen LogP contribution in [-0.2, 0) is 45.4 Å². The monoisotopic (exact) mass is 724 g/mol. The van der Waals surface area contributed by atoms with Crippen LogP contribution in [0.15, 0.2) is 0 Å². The van der Waals surface area contributed by atoms with E-state index in [1.807, 2.05) is 0 Å². The average molecular weight is 723 g/mol. The number of unbranched alkanes of at least 4 members (excludes halogenated alkanes) is 4. The summed E-state index contributed by atoms with van der Waals surface area (Å²) in [5.41, 5.74) is 0. The van der Waals surface area contributed by atoms with Gasteiger partial charge in [0.05, 0.1) is 43.6 Å². The number of hydrogen-bond acceptors (Lipinski definition) is 6. The van der Waals surface area contributed by atoms with E-state index < -0.39 is 17.2 Å². The van der Waals surface area contributed by atoms with E-state index in [4.69, 9.17) is 18.1 Å². The van der Waals surface area contributed by atoms with Crippen LogP contribution >= 0.6 is 17.2 Å². The Labute approximate surface area is 279 Å². The fourth-order valence-electron chi connectivity index (χ4n) is 4.33. The fraction of sp³-hybridized carbons (Fsp3) is 1.00. The minimum atomic E-state index is -1.94. The van der Waals surface area contributed by atoms with Gasteiger partial charge < -0.3 is 27.9 Å². The van der Waals surface area contributed by atoms with Crippen LogP contribution < -0.4 is 9.79 Å². The molecule has 0 aromatic carbocycles. The molecule has 6 nitrogen and oxygen atoms in total. The van der Waals surface area contributed by atoms with Gasteiger partial charge in [0.25, 0.3) is 0 Å². The van der Waals surface area contributed by atoms with Gasteiger partial charge in [0, 0.05) is 0 Å². The third-order valence-corrected chi connectivity index (χ3v) is 9.28. The summed E-state index contributed by atoms with van der Waals surface area (Å²) in [5, 5.41) is 0. The standard InChI is InChI=1S/2C16H34O3P.Cd/c2*1-5-9-11-15(7-3)13-18-20(17)19-14-16(8-4)12-10-6-2;/h2*15-16H,5-14H2,1-4H3;/q2*-1;+2. The summed E-state index contributed by atoms with van der Waals surface area (Å²) in [5.74, 6) is 2.05. The summed E-state index contributed by atoms with van der Waals surface area (Å²) in [6.45, 7) is 19.7. The molecule has 0 N–H and O–H groups in total. The van der Waals surface area contributed by atoms with Gasteiger partial charge in [0.15, 0.2) is 0 Å². The van der Waals surface area contributed by atoms with E-state index in [9.17, 15) is 9.79 Å². The van der Waals surface area contributed by atoms with Gasteiger partial charge in [-0.05, 0) is 49.4 Å². The van der Waals surface area contributed by atoms with Crippen molar-refractivity contribution in [2.24, 2.45) is 23.7 Å². The summed E-state index contributed by atoms with van der Waals surface area (Å²) in [4.78, 5) is 23.5. The Morgan fingerprint density at radius 1 is 0.415 bits per heavy atom. The maximum Gasteiger partial charge on any atom is 2.00 e. The second-order valence-corrected chi connectivity index (χ2v) is 13.2. The van der Waals surface area contributed by atoms with Gasteiger partial charge in [-0.15, -0.1) is 0 Å². The summed E-state index contributed by atoms with van der Waals surface area (Å²) in [6.07, 6.45) is 18.6. The molecule has 0 aliphatic heterocycles. The molecule has 9 heteroatoms. The fourth-order valence-corrected chi connectivity index (χ4v) is 5.81. The van der Waals surface area contributed by atoms with E-state index in [0.29, 0.717) is 50.1 Å². The molecule has 0 fully saturated rings. The maximum atomic E-state index is 11.7. The zero-order valence-electron chi connectivity index (χ0n) is 28.5.